The van der Waals surface area contributed by atoms with Gasteiger partial charge in [-0.2, -0.15) is 4.31 Å². The van der Waals surface area contributed by atoms with Gasteiger partial charge in [0.05, 0.1) is 4.90 Å². The Kier molecular flexibility index (Phi) is 5.30. The van der Waals surface area contributed by atoms with Gasteiger partial charge >= 0.3 is 5.97 Å². The second kappa shape index (κ2) is 6.37. The Labute approximate surface area is 120 Å². The molecule has 2 atom stereocenters. The van der Waals surface area contributed by atoms with Gasteiger partial charge in [-0.3, -0.25) is 4.79 Å². The highest BCUT2D eigenvalue weighted by Gasteiger charge is 2.29. The summed E-state index contributed by atoms with van der Waals surface area (Å²) < 4.78 is 25.5. The third-order valence-corrected chi connectivity index (χ3v) is 5.58. The molecule has 5 nitrogen and oxygen atoms in total. The number of rotatable bonds is 6. The quantitative estimate of drug-likeness (QED) is 0.874. The van der Waals surface area contributed by atoms with Crippen LogP contribution in [-0.2, 0) is 14.8 Å². The molecule has 0 fully saturated rings. The number of aliphatic carboxylic acids is 1. The fraction of sp³-hybridized carbons (Fsp3) is 0.500. The van der Waals surface area contributed by atoms with Gasteiger partial charge in [0.25, 0.3) is 0 Å². The van der Waals surface area contributed by atoms with Crippen molar-refractivity contribution in [2.75, 3.05) is 7.05 Å². The average molecular weight is 299 g/mol. The van der Waals surface area contributed by atoms with Crippen molar-refractivity contribution in [1.82, 2.24) is 4.31 Å². The van der Waals surface area contributed by atoms with Gasteiger partial charge in [0, 0.05) is 7.05 Å². The molecule has 112 valence electrons. The third-order valence-electron chi connectivity index (χ3n) is 3.64. The molecule has 0 bridgehead atoms. The molecule has 0 aliphatic carbocycles. The van der Waals surface area contributed by atoms with Crippen LogP contribution in [0.3, 0.4) is 0 Å². The summed E-state index contributed by atoms with van der Waals surface area (Å²) in [6.07, 6.45) is 0.974. The van der Waals surface area contributed by atoms with Crippen molar-refractivity contribution in [1.29, 1.82) is 0 Å². The normalized spacial score (nSPS) is 15.1. The van der Waals surface area contributed by atoms with Crippen LogP contribution in [-0.4, -0.2) is 36.9 Å². The molecule has 1 N–H and O–H groups in total. The minimum atomic E-state index is -3.78. The lowest BCUT2D eigenvalue weighted by atomic mass is 9.99. The van der Waals surface area contributed by atoms with E-state index in [0.717, 1.165) is 16.3 Å². The van der Waals surface area contributed by atoms with Crippen molar-refractivity contribution in [2.45, 2.75) is 44.0 Å². The van der Waals surface area contributed by atoms with Crippen LogP contribution in [0.1, 0.15) is 38.7 Å². The standard InChI is InChI=1S/C14H21NO4S/c1-5-10(2)12-6-8-13(9-7-12)20(18,19)15(4)11(3)14(16)17/h6-11H,5H2,1-4H3,(H,16,17). The van der Waals surface area contributed by atoms with Crippen LogP contribution in [0.2, 0.25) is 0 Å². The number of hydrogen-bond donors (Lipinski definition) is 1. The van der Waals surface area contributed by atoms with Crippen LogP contribution in [0, 0.1) is 0 Å². The van der Waals surface area contributed by atoms with E-state index in [1.54, 1.807) is 12.1 Å². The van der Waals surface area contributed by atoms with E-state index in [9.17, 15) is 13.2 Å². The smallest absolute Gasteiger partial charge is 0.321 e. The van der Waals surface area contributed by atoms with Crippen molar-refractivity contribution < 1.29 is 18.3 Å². The predicted molar refractivity (Wildman–Crippen MR) is 77.2 cm³/mol. The monoisotopic (exact) mass is 299 g/mol. The van der Waals surface area contributed by atoms with Gasteiger partial charge in [0.15, 0.2) is 0 Å². The lowest BCUT2D eigenvalue weighted by molar-refractivity contribution is -0.140. The summed E-state index contributed by atoms with van der Waals surface area (Å²) >= 11 is 0. The highest BCUT2D eigenvalue weighted by Crippen LogP contribution is 2.22. The van der Waals surface area contributed by atoms with Crippen molar-refractivity contribution in [2.24, 2.45) is 0 Å². The summed E-state index contributed by atoms with van der Waals surface area (Å²) in [5.41, 5.74) is 1.07. The molecule has 6 heteroatoms. The van der Waals surface area contributed by atoms with Gasteiger partial charge in [0.1, 0.15) is 6.04 Å². The first-order valence-corrected chi connectivity index (χ1v) is 7.96. The van der Waals surface area contributed by atoms with E-state index in [4.69, 9.17) is 5.11 Å². The highest BCUT2D eigenvalue weighted by atomic mass is 32.2. The fourth-order valence-electron chi connectivity index (χ4n) is 1.73. The second-order valence-corrected chi connectivity index (χ2v) is 6.91. The van der Waals surface area contributed by atoms with Gasteiger partial charge < -0.3 is 5.11 Å². The Morgan fingerprint density at radius 1 is 1.25 bits per heavy atom. The largest absolute Gasteiger partial charge is 0.480 e. The van der Waals surface area contributed by atoms with E-state index in [2.05, 4.69) is 13.8 Å². The zero-order chi connectivity index (χ0) is 15.5. The Balaban J connectivity index is 3.07. The van der Waals surface area contributed by atoms with Crippen LogP contribution < -0.4 is 0 Å². The maximum absolute atomic E-state index is 12.3. The van der Waals surface area contributed by atoms with Gasteiger partial charge in [-0.1, -0.05) is 26.0 Å². The molecule has 0 radical (unpaired) electrons. The number of likely N-dealkylation sites (N-methyl/N-ethyl adjacent to an activating group) is 1. The molecule has 0 aliphatic rings. The summed E-state index contributed by atoms with van der Waals surface area (Å²) in [7, 11) is -2.51. The molecule has 0 amide bonds. The zero-order valence-corrected chi connectivity index (χ0v) is 13.0. The van der Waals surface area contributed by atoms with E-state index in [-0.39, 0.29) is 4.90 Å². The molecule has 1 aromatic carbocycles. The SMILES string of the molecule is CCC(C)c1ccc(S(=O)(=O)N(C)C(C)C(=O)O)cc1. The highest BCUT2D eigenvalue weighted by molar-refractivity contribution is 7.89. The summed E-state index contributed by atoms with van der Waals surface area (Å²) in [5, 5.41) is 8.91. The first-order chi connectivity index (χ1) is 9.21. The molecular weight excluding hydrogens is 278 g/mol. The van der Waals surface area contributed by atoms with E-state index in [0.29, 0.717) is 5.92 Å². The number of hydrogen-bond acceptors (Lipinski definition) is 3. The average Bonchev–Trinajstić information content (AvgIpc) is 2.44. The van der Waals surface area contributed by atoms with Crippen molar-refractivity contribution in [3.05, 3.63) is 29.8 Å². The van der Waals surface area contributed by atoms with Crippen molar-refractivity contribution in [3.63, 3.8) is 0 Å². The minimum Gasteiger partial charge on any atom is -0.480 e. The van der Waals surface area contributed by atoms with Crippen molar-refractivity contribution in [3.8, 4) is 0 Å². The van der Waals surface area contributed by atoms with Gasteiger partial charge in [-0.25, -0.2) is 8.42 Å². The van der Waals surface area contributed by atoms with Crippen LogP contribution in [0.5, 0.6) is 0 Å². The third kappa shape index (κ3) is 3.37. The number of sulfonamides is 1. The predicted octanol–water partition coefficient (Wildman–Crippen LogP) is 2.29. The minimum absolute atomic E-state index is 0.111. The second-order valence-electron chi connectivity index (χ2n) is 4.91. The van der Waals surface area contributed by atoms with Crippen LogP contribution >= 0.6 is 0 Å². The van der Waals surface area contributed by atoms with E-state index in [1.807, 2.05) is 0 Å². The number of carbonyl (C=O) groups is 1. The molecule has 0 saturated heterocycles. The van der Waals surface area contributed by atoms with Crippen LogP contribution in [0.15, 0.2) is 29.2 Å². The van der Waals surface area contributed by atoms with E-state index in [1.165, 1.54) is 26.1 Å². The Morgan fingerprint density at radius 2 is 1.75 bits per heavy atom. The van der Waals surface area contributed by atoms with Crippen LogP contribution in [0.25, 0.3) is 0 Å². The zero-order valence-electron chi connectivity index (χ0n) is 12.2. The topological polar surface area (TPSA) is 74.7 Å². The van der Waals surface area contributed by atoms with E-state index < -0.39 is 22.0 Å². The number of nitrogens with zero attached hydrogens (tertiary/aromatic N) is 1. The van der Waals surface area contributed by atoms with Crippen molar-refractivity contribution >= 4 is 16.0 Å². The number of benzene rings is 1. The van der Waals surface area contributed by atoms with Crippen LogP contribution in [0.4, 0.5) is 0 Å². The summed E-state index contributed by atoms with van der Waals surface area (Å²) in [5.74, 6) is -0.810. The Morgan fingerprint density at radius 3 is 2.15 bits per heavy atom. The first kappa shape index (κ1) is 16.7. The lowest BCUT2D eigenvalue weighted by Gasteiger charge is -2.21. The Bertz CT molecular complexity index is 565. The molecule has 0 spiro atoms. The molecule has 0 aromatic heterocycles. The van der Waals surface area contributed by atoms with Gasteiger partial charge in [0.2, 0.25) is 10.0 Å². The summed E-state index contributed by atoms with van der Waals surface area (Å²) in [6.45, 7) is 5.48. The number of carboxylic acids is 1. The first-order valence-electron chi connectivity index (χ1n) is 6.52. The fourth-order valence-corrected chi connectivity index (χ4v) is 3.05. The molecule has 1 rings (SSSR count). The molecule has 20 heavy (non-hydrogen) atoms. The molecular formula is C14H21NO4S. The molecule has 0 aliphatic heterocycles. The summed E-state index contributed by atoms with van der Waals surface area (Å²) in [6, 6.07) is 5.51. The summed E-state index contributed by atoms with van der Waals surface area (Å²) in [4.78, 5) is 11.0. The molecule has 1 aromatic rings. The van der Waals surface area contributed by atoms with Gasteiger partial charge in [-0.15, -0.1) is 0 Å². The number of carboxylic acid groups (broad SMARTS) is 1. The molecule has 0 heterocycles. The Hall–Kier alpha value is -1.40. The molecule has 0 saturated carbocycles. The van der Waals surface area contributed by atoms with Gasteiger partial charge in [-0.05, 0) is 37.0 Å². The maximum atomic E-state index is 12.3. The molecule has 2 unspecified atom stereocenters. The van der Waals surface area contributed by atoms with E-state index >= 15 is 0 Å². The lowest BCUT2D eigenvalue weighted by Crippen LogP contribution is -2.40. The maximum Gasteiger partial charge on any atom is 0.321 e.